The van der Waals surface area contributed by atoms with Crippen molar-refractivity contribution in [2.45, 2.75) is 57.1 Å². The van der Waals surface area contributed by atoms with Gasteiger partial charge in [0.25, 0.3) is 0 Å². The smallest absolute Gasteiger partial charge is 0.234 e. The van der Waals surface area contributed by atoms with E-state index in [0.717, 1.165) is 6.42 Å². The maximum absolute atomic E-state index is 14.0. The fraction of sp³-hybridized carbons (Fsp3) is 0.650. The Morgan fingerprint density at radius 1 is 1.28 bits per heavy atom. The Labute approximate surface area is 149 Å². The number of hydrogen-bond acceptors (Lipinski definition) is 3. The first-order valence-corrected chi connectivity index (χ1v) is 9.47. The van der Waals surface area contributed by atoms with Crippen molar-refractivity contribution in [2.75, 3.05) is 19.6 Å². The Bertz CT molecular complexity index is 599. The molecule has 5 heteroatoms. The summed E-state index contributed by atoms with van der Waals surface area (Å²) in [6.07, 6.45) is 5.59. The van der Waals surface area contributed by atoms with Crippen LogP contribution in [0, 0.1) is 11.7 Å². The molecule has 0 bridgehead atoms. The van der Waals surface area contributed by atoms with Crippen LogP contribution in [0.1, 0.15) is 51.0 Å². The fourth-order valence-corrected chi connectivity index (χ4v) is 4.18. The normalized spacial score (nSPS) is 27.0. The standard InChI is InChI=1S/C20H29FN2O2/c1-15-6-2-5-9-18(15)22-19(24)14-23-12-10-20(25,11-13-23)16-7-3-4-8-17(16)21/h3-4,7-8,15,18,25H,2,5-6,9-14H2,1H3,(H,22,24)/t15-,18-/m1/s1. The number of aliphatic hydroxyl groups is 1. The van der Waals surface area contributed by atoms with Gasteiger partial charge in [0.2, 0.25) is 5.91 Å². The van der Waals surface area contributed by atoms with Crippen LogP contribution in [-0.4, -0.2) is 41.6 Å². The van der Waals surface area contributed by atoms with Gasteiger partial charge in [-0.3, -0.25) is 9.69 Å². The molecule has 1 aliphatic carbocycles. The van der Waals surface area contributed by atoms with E-state index in [-0.39, 0.29) is 11.7 Å². The molecule has 1 heterocycles. The molecule has 0 spiro atoms. The highest BCUT2D eigenvalue weighted by molar-refractivity contribution is 5.78. The van der Waals surface area contributed by atoms with Gasteiger partial charge in [-0.1, -0.05) is 38.0 Å². The number of rotatable bonds is 4. The van der Waals surface area contributed by atoms with Crippen molar-refractivity contribution in [1.29, 1.82) is 0 Å². The molecule has 2 aliphatic rings. The Balaban J connectivity index is 1.50. The molecule has 2 fully saturated rings. The Hall–Kier alpha value is -1.46. The minimum absolute atomic E-state index is 0.0649. The molecule has 0 radical (unpaired) electrons. The predicted molar refractivity (Wildman–Crippen MR) is 95.5 cm³/mol. The summed E-state index contributed by atoms with van der Waals surface area (Å²) in [7, 11) is 0. The molecule has 138 valence electrons. The quantitative estimate of drug-likeness (QED) is 0.880. The highest BCUT2D eigenvalue weighted by Crippen LogP contribution is 2.34. The van der Waals surface area contributed by atoms with Crippen molar-refractivity contribution >= 4 is 5.91 Å². The second-order valence-corrected chi connectivity index (χ2v) is 7.72. The van der Waals surface area contributed by atoms with Crippen molar-refractivity contribution in [2.24, 2.45) is 5.92 Å². The van der Waals surface area contributed by atoms with Crippen LogP contribution in [-0.2, 0) is 10.4 Å². The van der Waals surface area contributed by atoms with E-state index in [0.29, 0.717) is 50.0 Å². The largest absolute Gasteiger partial charge is 0.385 e. The van der Waals surface area contributed by atoms with Gasteiger partial charge >= 0.3 is 0 Å². The predicted octanol–water partition coefficient (Wildman–Crippen LogP) is 2.80. The summed E-state index contributed by atoms with van der Waals surface area (Å²) in [5.74, 6) is 0.253. The maximum Gasteiger partial charge on any atom is 0.234 e. The van der Waals surface area contributed by atoms with Crippen LogP contribution in [0.4, 0.5) is 4.39 Å². The van der Waals surface area contributed by atoms with Gasteiger partial charge in [0.15, 0.2) is 0 Å². The highest BCUT2D eigenvalue weighted by Gasteiger charge is 2.36. The van der Waals surface area contributed by atoms with E-state index in [4.69, 9.17) is 0 Å². The SMILES string of the molecule is C[C@@H]1CCCC[C@H]1NC(=O)CN1CCC(O)(c2ccccc2F)CC1. The van der Waals surface area contributed by atoms with Crippen molar-refractivity contribution < 1.29 is 14.3 Å². The molecule has 1 saturated carbocycles. The molecular weight excluding hydrogens is 319 g/mol. The summed E-state index contributed by atoms with van der Waals surface area (Å²) in [4.78, 5) is 14.4. The average molecular weight is 348 g/mol. The number of nitrogens with zero attached hydrogens (tertiary/aromatic N) is 1. The number of amides is 1. The van der Waals surface area contributed by atoms with Gasteiger partial charge in [-0.15, -0.1) is 0 Å². The van der Waals surface area contributed by atoms with Crippen LogP contribution in [0.25, 0.3) is 0 Å². The lowest BCUT2D eigenvalue weighted by Gasteiger charge is -2.38. The van der Waals surface area contributed by atoms with Crippen LogP contribution < -0.4 is 5.32 Å². The first-order valence-electron chi connectivity index (χ1n) is 9.47. The van der Waals surface area contributed by atoms with Gasteiger partial charge in [-0.05, 0) is 37.7 Å². The first kappa shape index (κ1) is 18.3. The van der Waals surface area contributed by atoms with E-state index in [1.54, 1.807) is 18.2 Å². The number of carbonyl (C=O) groups excluding carboxylic acids is 1. The summed E-state index contributed by atoms with van der Waals surface area (Å²) in [6, 6.07) is 6.72. The van der Waals surface area contributed by atoms with Gasteiger partial charge in [-0.25, -0.2) is 4.39 Å². The minimum atomic E-state index is -1.13. The second kappa shape index (κ2) is 7.83. The van der Waals surface area contributed by atoms with Gasteiger partial charge < -0.3 is 10.4 Å². The maximum atomic E-state index is 14.0. The topological polar surface area (TPSA) is 52.6 Å². The van der Waals surface area contributed by atoms with E-state index < -0.39 is 5.60 Å². The summed E-state index contributed by atoms with van der Waals surface area (Å²) in [5.41, 5.74) is -0.758. The number of benzene rings is 1. The zero-order chi connectivity index (χ0) is 17.9. The van der Waals surface area contributed by atoms with Crippen LogP contribution in [0.2, 0.25) is 0 Å². The minimum Gasteiger partial charge on any atom is -0.385 e. The van der Waals surface area contributed by atoms with E-state index in [1.165, 1.54) is 25.3 Å². The number of carbonyl (C=O) groups is 1. The molecule has 4 nitrogen and oxygen atoms in total. The summed E-state index contributed by atoms with van der Waals surface area (Å²) in [5, 5.41) is 14.0. The third-order valence-electron chi connectivity index (χ3n) is 5.88. The van der Waals surface area contributed by atoms with Crippen LogP contribution >= 0.6 is 0 Å². The molecule has 0 unspecified atom stereocenters. The number of hydrogen-bond donors (Lipinski definition) is 2. The zero-order valence-electron chi connectivity index (χ0n) is 15.0. The highest BCUT2D eigenvalue weighted by atomic mass is 19.1. The first-order chi connectivity index (χ1) is 12.0. The monoisotopic (exact) mass is 348 g/mol. The Kier molecular flexibility index (Phi) is 5.74. The lowest BCUT2D eigenvalue weighted by Crippen LogP contribution is -2.49. The molecule has 3 rings (SSSR count). The van der Waals surface area contributed by atoms with Gasteiger partial charge in [-0.2, -0.15) is 0 Å². The van der Waals surface area contributed by atoms with E-state index in [1.807, 2.05) is 0 Å². The summed E-state index contributed by atoms with van der Waals surface area (Å²) in [6.45, 7) is 3.76. The molecule has 2 N–H and O–H groups in total. The number of likely N-dealkylation sites (tertiary alicyclic amines) is 1. The van der Waals surface area contributed by atoms with E-state index in [2.05, 4.69) is 17.1 Å². The van der Waals surface area contributed by atoms with Crippen molar-refractivity contribution in [3.63, 3.8) is 0 Å². The van der Waals surface area contributed by atoms with Crippen molar-refractivity contribution in [3.8, 4) is 0 Å². The fourth-order valence-electron chi connectivity index (χ4n) is 4.18. The average Bonchev–Trinajstić information content (AvgIpc) is 2.59. The van der Waals surface area contributed by atoms with Crippen LogP contribution in [0.15, 0.2) is 24.3 Å². The summed E-state index contributed by atoms with van der Waals surface area (Å²) >= 11 is 0. The molecule has 1 amide bonds. The molecule has 1 aromatic rings. The molecule has 25 heavy (non-hydrogen) atoms. The third kappa shape index (κ3) is 4.39. The summed E-state index contributed by atoms with van der Waals surface area (Å²) < 4.78 is 14.0. The third-order valence-corrected chi connectivity index (χ3v) is 5.88. The zero-order valence-corrected chi connectivity index (χ0v) is 15.0. The number of halogens is 1. The number of piperidine rings is 1. The van der Waals surface area contributed by atoms with Crippen molar-refractivity contribution in [1.82, 2.24) is 10.2 Å². The Morgan fingerprint density at radius 3 is 2.64 bits per heavy atom. The van der Waals surface area contributed by atoms with E-state index in [9.17, 15) is 14.3 Å². The molecule has 1 aromatic carbocycles. The lowest BCUT2D eigenvalue weighted by molar-refractivity contribution is -0.125. The Morgan fingerprint density at radius 2 is 1.96 bits per heavy atom. The molecule has 2 atom stereocenters. The van der Waals surface area contributed by atoms with Gasteiger partial charge in [0.05, 0.1) is 12.1 Å². The van der Waals surface area contributed by atoms with Crippen molar-refractivity contribution in [3.05, 3.63) is 35.6 Å². The molecule has 1 saturated heterocycles. The van der Waals surface area contributed by atoms with Crippen LogP contribution in [0.5, 0.6) is 0 Å². The molecule has 1 aliphatic heterocycles. The van der Waals surface area contributed by atoms with Gasteiger partial charge in [0, 0.05) is 24.7 Å². The number of nitrogens with one attached hydrogen (secondary N) is 1. The second-order valence-electron chi connectivity index (χ2n) is 7.72. The molecule has 0 aromatic heterocycles. The van der Waals surface area contributed by atoms with Gasteiger partial charge in [0.1, 0.15) is 5.82 Å². The van der Waals surface area contributed by atoms with Crippen LogP contribution in [0.3, 0.4) is 0 Å². The van der Waals surface area contributed by atoms with E-state index >= 15 is 0 Å². The molecular formula is C20H29FN2O2. The lowest BCUT2D eigenvalue weighted by atomic mass is 9.84.